The summed E-state index contributed by atoms with van der Waals surface area (Å²) in [7, 11) is 3.18. The van der Waals surface area contributed by atoms with Crippen LogP contribution in [0.5, 0.6) is 23.0 Å². The van der Waals surface area contributed by atoms with Gasteiger partial charge in [0.1, 0.15) is 11.5 Å². The Kier molecular flexibility index (Phi) is 6.08. The minimum absolute atomic E-state index is 0.0314. The molecule has 32 heavy (non-hydrogen) atoms. The predicted molar refractivity (Wildman–Crippen MR) is 124 cm³/mol. The van der Waals surface area contributed by atoms with Gasteiger partial charge < -0.3 is 19.3 Å². The number of nitrogens with zero attached hydrogens (tertiary/aromatic N) is 2. The summed E-state index contributed by atoms with van der Waals surface area (Å²) in [5.41, 5.74) is 3.17. The molecule has 1 saturated carbocycles. The molecular weight excluding hydrogens is 408 g/mol. The zero-order valence-electron chi connectivity index (χ0n) is 18.8. The second-order valence-electron chi connectivity index (χ2n) is 8.13. The Labute approximate surface area is 187 Å². The Morgan fingerprint density at radius 2 is 1.66 bits per heavy atom. The minimum Gasteiger partial charge on any atom is -0.493 e. The number of benzene rings is 2. The molecule has 0 radical (unpaired) electrons. The normalized spacial score (nSPS) is 13.9. The summed E-state index contributed by atoms with van der Waals surface area (Å²) in [6, 6.07) is 9.31. The lowest BCUT2D eigenvalue weighted by atomic mass is 10.1. The Morgan fingerprint density at radius 1 is 0.969 bits per heavy atom. The highest BCUT2D eigenvalue weighted by atomic mass is 16.5. The Hall–Kier alpha value is -3.48. The molecule has 0 bridgehead atoms. The molecule has 3 aromatic rings. The van der Waals surface area contributed by atoms with Crippen molar-refractivity contribution >= 4 is 22.7 Å². The first kappa shape index (κ1) is 21.7. The molecule has 1 heterocycles. The van der Waals surface area contributed by atoms with E-state index < -0.39 is 6.09 Å². The molecule has 7 heteroatoms. The number of aromatic nitrogens is 1. The summed E-state index contributed by atoms with van der Waals surface area (Å²) >= 11 is 0. The zero-order valence-corrected chi connectivity index (χ0v) is 18.8. The van der Waals surface area contributed by atoms with Gasteiger partial charge in [-0.2, -0.15) is 0 Å². The number of amides is 1. The summed E-state index contributed by atoms with van der Waals surface area (Å²) in [6.45, 7) is 3.85. The number of hydrogen-bond donors (Lipinski definition) is 1. The number of carbonyl (C=O) groups is 1. The summed E-state index contributed by atoms with van der Waals surface area (Å²) < 4.78 is 17.1. The number of rotatable bonds is 6. The molecule has 1 N–H and O–H groups in total. The molecule has 7 nitrogen and oxygen atoms in total. The van der Waals surface area contributed by atoms with E-state index in [0.717, 1.165) is 53.4 Å². The van der Waals surface area contributed by atoms with Gasteiger partial charge in [0, 0.05) is 23.7 Å². The van der Waals surface area contributed by atoms with Gasteiger partial charge in [-0.3, -0.25) is 9.88 Å². The van der Waals surface area contributed by atoms with Crippen molar-refractivity contribution in [3.8, 4) is 23.0 Å². The summed E-state index contributed by atoms with van der Waals surface area (Å²) in [6.07, 6.45) is 4.71. The fourth-order valence-corrected chi connectivity index (χ4v) is 4.42. The van der Waals surface area contributed by atoms with Crippen LogP contribution in [0.3, 0.4) is 0 Å². The van der Waals surface area contributed by atoms with Crippen LogP contribution in [0.15, 0.2) is 36.5 Å². The third-order valence-electron chi connectivity index (χ3n) is 6.08. The van der Waals surface area contributed by atoms with Gasteiger partial charge in [0.25, 0.3) is 0 Å². The number of fused-ring (bicyclic) bond motifs is 1. The maximum absolute atomic E-state index is 12.1. The molecule has 0 aliphatic heterocycles. The first-order chi connectivity index (χ1) is 15.4. The number of ether oxygens (including phenoxy) is 3. The third kappa shape index (κ3) is 4.02. The van der Waals surface area contributed by atoms with Crippen LogP contribution in [0, 0.1) is 13.8 Å². The van der Waals surface area contributed by atoms with Gasteiger partial charge in [0.05, 0.1) is 25.4 Å². The van der Waals surface area contributed by atoms with Gasteiger partial charge in [-0.15, -0.1) is 0 Å². The van der Waals surface area contributed by atoms with E-state index in [-0.39, 0.29) is 6.04 Å². The first-order valence-corrected chi connectivity index (χ1v) is 10.7. The molecular formula is C25H28N2O5. The Balaban J connectivity index is 1.72. The van der Waals surface area contributed by atoms with E-state index in [2.05, 4.69) is 4.98 Å². The molecule has 1 amide bonds. The topological polar surface area (TPSA) is 81.1 Å². The molecule has 1 aromatic heterocycles. The van der Waals surface area contributed by atoms with Crippen molar-refractivity contribution in [2.45, 2.75) is 45.6 Å². The maximum Gasteiger partial charge on any atom is 0.412 e. The van der Waals surface area contributed by atoms with Gasteiger partial charge >= 0.3 is 6.09 Å². The van der Waals surface area contributed by atoms with Crippen LogP contribution in [-0.2, 0) is 0 Å². The van der Waals surface area contributed by atoms with Gasteiger partial charge in [-0.25, -0.2) is 4.79 Å². The molecule has 0 saturated heterocycles. The molecule has 168 valence electrons. The highest BCUT2D eigenvalue weighted by Crippen LogP contribution is 2.39. The number of hydrogen-bond acceptors (Lipinski definition) is 5. The molecule has 4 rings (SSSR count). The predicted octanol–water partition coefficient (Wildman–Crippen LogP) is 6.09. The molecule has 1 aliphatic rings. The van der Waals surface area contributed by atoms with E-state index in [9.17, 15) is 9.90 Å². The van der Waals surface area contributed by atoms with E-state index in [4.69, 9.17) is 14.2 Å². The van der Waals surface area contributed by atoms with Gasteiger partial charge in [0.15, 0.2) is 11.5 Å². The van der Waals surface area contributed by atoms with Crippen molar-refractivity contribution in [1.82, 2.24) is 4.98 Å². The van der Waals surface area contributed by atoms with E-state index in [1.54, 1.807) is 26.5 Å². The van der Waals surface area contributed by atoms with Crippen LogP contribution >= 0.6 is 0 Å². The highest BCUT2D eigenvalue weighted by Gasteiger charge is 2.29. The largest absolute Gasteiger partial charge is 0.493 e. The minimum atomic E-state index is -0.908. The van der Waals surface area contributed by atoms with Crippen molar-refractivity contribution in [3.63, 3.8) is 0 Å². The standard InChI is InChI=1S/C25H28N2O5/c1-15-12-22(16(2)11-20(15)27(25(28)29)17-7-5-6-8-17)32-21-9-10-26-19-14-24(31-4)23(30-3)13-18(19)21/h9-14,17H,5-8H2,1-4H3,(H,28,29). The second-order valence-corrected chi connectivity index (χ2v) is 8.13. The fraction of sp³-hybridized carbons (Fsp3) is 0.360. The van der Waals surface area contributed by atoms with Crippen LogP contribution in [-0.4, -0.2) is 36.4 Å². The average molecular weight is 437 g/mol. The second kappa shape index (κ2) is 8.94. The lowest BCUT2D eigenvalue weighted by Crippen LogP contribution is -2.38. The van der Waals surface area contributed by atoms with Gasteiger partial charge in [-0.05, 0) is 62.1 Å². The summed E-state index contributed by atoms with van der Waals surface area (Å²) in [5.74, 6) is 2.50. The van der Waals surface area contributed by atoms with E-state index >= 15 is 0 Å². The summed E-state index contributed by atoms with van der Waals surface area (Å²) in [5, 5.41) is 10.7. The van der Waals surface area contributed by atoms with Crippen LogP contribution in [0.4, 0.5) is 10.5 Å². The monoisotopic (exact) mass is 436 g/mol. The SMILES string of the molecule is COc1cc2nccc(Oc3cc(C)c(N(C(=O)O)C4CCCC4)cc3C)c2cc1OC. The van der Waals surface area contributed by atoms with E-state index in [1.165, 1.54) is 4.90 Å². The van der Waals surface area contributed by atoms with Crippen LogP contribution in [0.1, 0.15) is 36.8 Å². The third-order valence-corrected chi connectivity index (χ3v) is 6.08. The quantitative estimate of drug-likeness (QED) is 0.504. The summed E-state index contributed by atoms with van der Waals surface area (Å²) in [4.78, 5) is 18.0. The molecule has 0 atom stereocenters. The Bertz CT molecular complexity index is 1150. The number of aryl methyl sites for hydroxylation is 2. The lowest BCUT2D eigenvalue weighted by molar-refractivity contribution is 0.199. The van der Waals surface area contributed by atoms with E-state index in [0.29, 0.717) is 23.0 Å². The van der Waals surface area contributed by atoms with E-state index in [1.807, 2.05) is 38.1 Å². The molecule has 0 spiro atoms. The first-order valence-electron chi connectivity index (χ1n) is 10.7. The van der Waals surface area contributed by atoms with Crippen molar-refractivity contribution in [2.75, 3.05) is 19.1 Å². The van der Waals surface area contributed by atoms with Crippen molar-refractivity contribution in [2.24, 2.45) is 0 Å². The van der Waals surface area contributed by atoms with Crippen molar-refractivity contribution in [1.29, 1.82) is 0 Å². The average Bonchev–Trinajstić information content (AvgIpc) is 3.30. The van der Waals surface area contributed by atoms with Crippen LogP contribution < -0.4 is 19.1 Å². The molecule has 0 unspecified atom stereocenters. The maximum atomic E-state index is 12.1. The van der Waals surface area contributed by atoms with Crippen molar-refractivity contribution in [3.05, 3.63) is 47.7 Å². The number of pyridine rings is 1. The number of carboxylic acid groups (broad SMARTS) is 1. The Morgan fingerprint density at radius 3 is 2.31 bits per heavy atom. The fourth-order valence-electron chi connectivity index (χ4n) is 4.42. The number of anilines is 1. The van der Waals surface area contributed by atoms with Gasteiger partial charge in [0.2, 0.25) is 0 Å². The lowest BCUT2D eigenvalue weighted by Gasteiger charge is -2.28. The van der Waals surface area contributed by atoms with Crippen molar-refractivity contribution < 1.29 is 24.1 Å². The zero-order chi connectivity index (χ0) is 22.8. The van der Waals surface area contributed by atoms with Crippen LogP contribution in [0.25, 0.3) is 10.9 Å². The van der Waals surface area contributed by atoms with Gasteiger partial charge in [-0.1, -0.05) is 12.8 Å². The highest BCUT2D eigenvalue weighted by molar-refractivity contribution is 5.89. The van der Waals surface area contributed by atoms with Crippen LogP contribution in [0.2, 0.25) is 0 Å². The smallest absolute Gasteiger partial charge is 0.412 e. The molecule has 2 aromatic carbocycles. The number of methoxy groups -OCH3 is 2. The molecule has 1 fully saturated rings. The molecule has 1 aliphatic carbocycles.